The third kappa shape index (κ3) is 3.51. The molecule has 0 bridgehead atoms. The maximum Gasteiger partial charge on any atom is 0.342 e. The zero-order valence-corrected chi connectivity index (χ0v) is 12.1. The van der Waals surface area contributed by atoms with Gasteiger partial charge in [0.15, 0.2) is 0 Å². The summed E-state index contributed by atoms with van der Waals surface area (Å²) in [6.45, 7) is 3.93. The lowest BCUT2D eigenvalue weighted by molar-refractivity contribution is -0.385. The van der Waals surface area contributed by atoms with Gasteiger partial charge in [-0.25, -0.2) is 4.79 Å². The number of rotatable bonds is 4. The second kappa shape index (κ2) is 6.56. The number of carboxylic acid groups (broad SMARTS) is 1. The average molecular weight is 292 g/mol. The van der Waals surface area contributed by atoms with E-state index in [9.17, 15) is 14.9 Å². The molecular weight excluding hydrogens is 272 g/mol. The van der Waals surface area contributed by atoms with Crippen LogP contribution in [0, 0.1) is 16.0 Å². The van der Waals surface area contributed by atoms with Gasteiger partial charge in [0.05, 0.1) is 4.92 Å². The molecule has 1 aromatic rings. The number of nitrogens with zero attached hydrogens (tertiary/aromatic N) is 2. The molecule has 21 heavy (non-hydrogen) atoms. The van der Waals surface area contributed by atoms with Gasteiger partial charge in [0, 0.05) is 24.8 Å². The van der Waals surface area contributed by atoms with Crippen LogP contribution in [0.1, 0.15) is 43.0 Å². The Labute approximate surface area is 123 Å². The number of aromatic carboxylic acids is 1. The van der Waals surface area contributed by atoms with E-state index in [2.05, 4.69) is 11.8 Å². The van der Waals surface area contributed by atoms with E-state index in [0.717, 1.165) is 38.0 Å². The van der Waals surface area contributed by atoms with E-state index < -0.39 is 10.9 Å². The lowest BCUT2D eigenvalue weighted by atomic mass is 9.98. The van der Waals surface area contributed by atoms with Crippen molar-refractivity contribution < 1.29 is 14.8 Å². The molecule has 1 saturated heterocycles. The van der Waals surface area contributed by atoms with E-state index in [1.54, 1.807) is 6.07 Å². The van der Waals surface area contributed by atoms with Gasteiger partial charge in [-0.3, -0.25) is 10.1 Å². The van der Waals surface area contributed by atoms with Crippen LogP contribution in [0.25, 0.3) is 0 Å². The highest BCUT2D eigenvalue weighted by Gasteiger charge is 2.22. The molecule has 0 radical (unpaired) electrons. The fourth-order valence-electron chi connectivity index (χ4n) is 2.88. The van der Waals surface area contributed by atoms with Crippen LogP contribution in [0.4, 0.5) is 11.4 Å². The zero-order chi connectivity index (χ0) is 15.4. The third-order valence-corrected chi connectivity index (χ3v) is 4.20. The molecule has 1 heterocycles. The first-order chi connectivity index (χ1) is 10.0. The lowest BCUT2D eigenvalue weighted by Gasteiger charge is -2.23. The number of nitro benzene ring substituents is 1. The van der Waals surface area contributed by atoms with Crippen LogP contribution in [-0.2, 0) is 0 Å². The predicted octanol–water partition coefficient (Wildman–Crippen LogP) is 3.31. The fourth-order valence-corrected chi connectivity index (χ4v) is 2.88. The first-order valence-electron chi connectivity index (χ1n) is 7.29. The van der Waals surface area contributed by atoms with Crippen LogP contribution in [0.5, 0.6) is 0 Å². The zero-order valence-electron chi connectivity index (χ0n) is 12.1. The van der Waals surface area contributed by atoms with Crippen molar-refractivity contribution in [1.82, 2.24) is 0 Å². The molecule has 6 heteroatoms. The normalized spacial score (nSPS) is 19.1. The standard InChI is InChI=1S/C15H20N2O4/c1-2-11-4-3-8-16(9-7-11)12-5-6-14(17(20)21)13(10-12)15(18)19/h5-6,10-11H,2-4,7-9H2,1H3,(H,18,19). The van der Waals surface area contributed by atoms with Crippen LogP contribution >= 0.6 is 0 Å². The van der Waals surface area contributed by atoms with Crippen molar-refractivity contribution in [3.8, 4) is 0 Å². The maximum absolute atomic E-state index is 11.2. The van der Waals surface area contributed by atoms with E-state index in [0.29, 0.717) is 5.92 Å². The number of nitro groups is 1. The van der Waals surface area contributed by atoms with Gasteiger partial charge in [0.25, 0.3) is 5.69 Å². The highest BCUT2D eigenvalue weighted by molar-refractivity contribution is 5.93. The number of hydrogen-bond acceptors (Lipinski definition) is 4. The molecule has 1 fully saturated rings. The molecule has 6 nitrogen and oxygen atoms in total. The van der Waals surface area contributed by atoms with Crippen LogP contribution in [-0.4, -0.2) is 29.1 Å². The summed E-state index contributed by atoms with van der Waals surface area (Å²) >= 11 is 0. The van der Waals surface area contributed by atoms with Crippen LogP contribution in [0.2, 0.25) is 0 Å². The Morgan fingerprint density at radius 1 is 1.43 bits per heavy atom. The molecule has 1 unspecified atom stereocenters. The average Bonchev–Trinajstić information content (AvgIpc) is 2.71. The van der Waals surface area contributed by atoms with Gasteiger partial charge in [-0.05, 0) is 37.3 Å². The van der Waals surface area contributed by atoms with Gasteiger partial charge in [0.2, 0.25) is 0 Å². The summed E-state index contributed by atoms with van der Waals surface area (Å²) in [6, 6.07) is 4.37. The minimum Gasteiger partial charge on any atom is -0.477 e. The number of anilines is 1. The van der Waals surface area contributed by atoms with Crippen molar-refractivity contribution in [2.24, 2.45) is 5.92 Å². The van der Waals surface area contributed by atoms with E-state index >= 15 is 0 Å². The van der Waals surface area contributed by atoms with Crippen LogP contribution in [0.3, 0.4) is 0 Å². The molecule has 1 atom stereocenters. The van der Waals surface area contributed by atoms with Crippen LogP contribution < -0.4 is 4.90 Å². The minimum atomic E-state index is -1.26. The molecule has 1 N–H and O–H groups in total. The first-order valence-corrected chi connectivity index (χ1v) is 7.29. The topological polar surface area (TPSA) is 83.7 Å². The highest BCUT2D eigenvalue weighted by Crippen LogP contribution is 2.28. The van der Waals surface area contributed by atoms with Gasteiger partial charge in [-0.2, -0.15) is 0 Å². The molecule has 0 amide bonds. The molecule has 114 valence electrons. The second-order valence-corrected chi connectivity index (χ2v) is 5.46. The number of benzene rings is 1. The van der Waals surface area contributed by atoms with Crippen molar-refractivity contribution in [3.63, 3.8) is 0 Å². The van der Waals surface area contributed by atoms with E-state index in [1.165, 1.54) is 18.6 Å². The molecule has 1 aromatic carbocycles. The second-order valence-electron chi connectivity index (χ2n) is 5.46. The molecule has 0 saturated carbocycles. The Morgan fingerprint density at radius 2 is 2.19 bits per heavy atom. The van der Waals surface area contributed by atoms with Crippen LogP contribution in [0.15, 0.2) is 18.2 Å². The minimum absolute atomic E-state index is 0.242. The third-order valence-electron chi connectivity index (χ3n) is 4.20. The molecule has 0 aromatic heterocycles. The summed E-state index contributed by atoms with van der Waals surface area (Å²) < 4.78 is 0. The quantitative estimate of drug-likeness (QED) is 0.680. The van der Waals surface area contributed by atoms with Crippen molar-refractivity contribution in [3.05, 3.63) is 33.9 Å². The summed E-state index contributed by atoms with van der Waals surface area (Å²) in [5.41, 5.74) is 0.163. The number of carboxylic acids is 1. The monoisotopic (exact) mass is 292 g/mol. The van der Waals surface area contributed by atoms with E-state index in [4.69, 9.17) is 5.11 Å². The Morgan fingerprint density at radius 3 is 2.81 bits per heavy atom. The summed E-state index contributed by atoms with van der Waals surface area (Å²) in [6.07, 6.45) is 4.49. The lowest BCUT2D eigenvalue weighted by Crippen LogP contribution is -2.24. The molecule has 0 spiro atoms. The smallest absolute Gasteiger partial charge is 0.342 e. The highest BCUT2D eigenvalue weighted by atomic mass is 16.6. The molecule has 1 aliphatic rings. The number of carbonyl (C=O) groups is 1. The maximum atomic E-state index is 11.2. The first kappa shape index (κ1) is 15.3. The summed E-state index contributed by atoms with van der Waals surface area (Å²) in [7, 11) is 0. The van der Waals surface area contributed by atoms with Gasteiger partial charge < -0.3 is 10.0 Å². The Bertz CT molecular complexity index is 544. The van der Waals surface area contributed by atoms with Gasteiger partial charge in [-0.1, -0.05) is 13.3 Å². The van der Waals surface area contributed by atoms with Crippen molar-refractivity contribution in [2.75, 3.05) is 18.0 Å². The van der Waals surface area contributed by atoms with Gasteiger partial charge >= 0.3 is 5.97 Å². The number of hydrogen-bond donors (Lipinski definition) is 1. The van der Waals surface area contributed by atoms with Crippen molar-refractivity contribution in [1.29, 1.82) is 0 Å². The Hall–Kier alpha value is -2.11. The molecule has 2 rings (SSSR count). The fraction of sp³-hybridized carbons (Fsp3) is 0.533. The molecule has 1 aliphatic heterocycles. The SMILES string of the molecule is CCC1CCCN(c2ccc([N+](=O)[O-])c(C(=O)O)c2)CC1. The van der Waals surface area contributed by atoms with E-state index in [1.807, 2.05) is 0 Å². The van der Waals surface area contributed by atoms with E-state index in [-0.39, 0.29) is 11.3 Å². The molecular formula is C15H20N2O4. The largest absolute Gasteiger partial charge is 0.477 e. The Kier molecular flexibility index (Phi) is 4.77. The summed E-state index contributed by atoms with van der Waals surface area (Å²) in [5.74, 6) is -0.545. The van der Waals surface area contributed by atoms with Gasteiger partial charge in [0.1, 0.15) is 5.56 Å². The molecule has 0 aliphatic carbocycles. The Balaban J connectivity index is 2.26. The van der Waals surface area contributed by atoms with Gasteiger partial charge in [-0.15, -0.1) is 0 Å². The summed E-state index contributed by atoms with van der Waals surface area (Å²) in [5, 5.41) is 20.0. The summed E-state index contributed by atoms with van der Waals surface area (Å²) in [4.78, 5) is 23.6. The van der Waals surface area contributed by atoms with Crippen molar-refractivity contribution in [2.45, 2.75) is 32.6 Å². The predicted molar refractivity (Wildman–Crippen MR) is 79.9 cm³/mol. The van der Waals surface area contributed by atoms with Crippen molar-refractivity contribution >= 4 is 17.3 Å².